The van der Waals surface area contributed by atoms with Crippen molar-refractivity contribution < 1.29 is 19.1 Å². The van der Waals surface area contributed by atoms with Gasteiger partial charge in [-0.25, -0.2) is 9.59 Å². The van der Waals surface area contributed by atoms with Crippen LogP contribution in [0, 0.1) is 24.7 Å². The number of terminal acetylenes is 2. The van der Waals surface area contributed by atoms with Gasteiger partial charge in [0, 0.05) is 12.4 Å². The lowest BCUT2D eigenvalue weighted by Gasteiger charge is -2.00. The molecule has 0 spiro atoms. The van der Waals surface area contributed by atoms with Crippen molar-refractivity contribution in [3.8, 4) is 24.7 Å². The second kappa shape index (κ2) is 8.97. The highest BCUT2D eigenvalue weighted by Crippen LogP contribution is 1.78. The van der Waals surface area contributed by atoms with Gasteiger partial charge in [-0.2, -0.15) is 0 Å². The van der Waals surface area contributed by atoms with Crippen molar-refractivity contribution in [3.05, 3.63) is 12.4 Å². The van der Waals surface area contributed by atoms with Crippen molar-refractivity contribution in [3.63, 3.8) is 0 Å². The third-order valence-electron chi connectivity index (χ3n) is 1.06. The molecule has 0 fully saturated rings. The Morgan fingerprint density at radius 3 is 1.69 bits per heavy atom. The molecule has 0 aromatic heterocycles. The molecule has 6 nitrogen and oxygen atoms in total. The van der Waals surface area contributed by atoms with Crippen LogP contribution >= 0.6 is 0 Å². The van der Waals surface area contributed by atoms with Crippen LogP contribution in [-0.4, -0.2) is 25.4 Å². The van der Waals surface area contributed by atoms with Crippen molar-refractivity contribution in [2.45, 2.75) is 0 Å². The maximum absolute atomic E-state index is 10.8. The highest BCUT2D eigenvalue weighted by atomic mass is 16.6. The van der Waals surface area contributed by atoms with Gasteiger partial charge in [-0.15, -0.1) is 12.8 Å². The van der Waals surface area contributed by atoms with Gasteiger partial charge in [0.05, 0.1) is 0 Å². The van der Waals surface area contributed by atoms with Crippen molar-refractivity contribution in [2.75, 3.05) is 13.2 Å². The zero-order valence-corrected chi connectivity index (χ0v) is 8.36. The second-order valence-corrected chi connectivity index (χ2v) is 2.18. The number of nitrogens with one attached hydrogen (secondary N) is 2. The van der Waals surface area contributed by atoms with Crippen LogP contribution in [0.15, 0.2) is 12.4 Å². The summed E-state index contributed by atoms with van der Waals surface area (Å²) in [5.41, 5.74) is 0. The Kier molecular flexibility index (Phi) is 7.52. The summed E-state index contributed by atoms with van der Waals surface area (Å²) in [6.45, 7) is -0.255. The normalized spacial score (nSPS) is 8.62. The minimum atomic E-state index is -0.729. The van der Waals surface area contributed by atoms with E-state index >= 15 is 0 Å². The molecule has 0 unspecified atom stereocenters. The number of ether oxygens (including phenoxy) is 2. The topological polar surface area (TPSA) is 76.7 Å². The first-order valence-electron chi connectivity index (χ1n) is 4.09. The number of rotatable bonds is 4. The average molecular weight is 222 g/mol. The lowest BCUT2D eigenvalue weighted by atomic mass is 10.7. The van der Waals surface area contributed by atoms with E-state index in [9.17, 15) is 9.59 Å². The second-order valence-electron chi connectivity index (χ2n) is 2.18. The lowest BCUT2D eigenvalue weighted by Crippen LogP contribution is -2.22. The van der Waals surface area contributed by atoms with E-state index in [1.165, 1.54) is 0 Å². The van der Waals surface area contributed by atoms with Crippen molar-refractivity contribution >= 4 is 12.2 Å². The van der Waals surface area contributed by atoms with E-state index in [4.69, 9.17) is 12.8 Å². The largest absolute Gasteiger partial charge is 0.436 e. The number of alkyl carbamates (subject to hydrolysis) is 2. The first-order chi connectivity index (χ1) is 7.70. The average Bonchev–Trinajstić information content (AvgIpc) is 2.29. The lowest BCUT2D eigenvalue weighted by molar-refractivity contribution is 0.162. The molecule has 16 heavy (non-hydrogen) atoms. The number of carbonyl (C=O) groups is 2. The fourth-order valence-electron chi connectivity index (χ4n) is 0.517. The molecule has 0 saturated heterocycles. The van der Waals surface area contributed by atoms with Crippen LogP contribution in [0.2, 0.25) is 0 Å². The highest BCUT2D eigenvalue weighted by Gasteiger charge is 1.97. The summed E-state index contributed by atoms with van der Waals surface area (Å²) in [4.78, 5) is 21.5. The fourth-order valence-corrected chi connectivity index (χ4v) is 0.517. The Morgan fingerprint density at radius 1 is 1.00 bits per heavy atom. The summed E-state index contributed by atoms with van der Waals surface area (Å²) in [6.07, 6.45) is 10.6. The van der Waals surface area contributed by atoms with Crippen LogP contribution in [-0.2, 0) is 9.47 Å². The molecule has 2 amide bonds. The van der Waals surface area contributed by atoms with E-state index in [1.54, 1.807) is 0 Å². The third-order valence-corrected chi connectivity index (χ3v) is 1.06. The van der Waals surface area contributed by atoms with Crippen LogP contribution in [0.5, 0.6) is 0 Å². The molecule has 0 saturated carbocycles. The minimum absolute atomic E-state index is 0.128. The highest BCUT2D eigenvalue weighted by molar-refractivity contribution is 5.70. The first-order valence-corrected chi connectivity index (χ1v) is 4.09. The van der Waals surface area contributed by atoms with Crippen LogP contribution in [0.4, 0.5) is 9.59 Å². The Bertz CT molecular complexity index is 315. The molecule has 0 aromatic rings. The van der Waals surface area contributed by atoms with Crippen LogP contribution in [0.3, 0.4) is 0 Å². The predicted molar refractivity (Wildman–Crippen MR) is 55.8 cm³/mol. The summed E-state index contributed by atoms with van der Waals surface area (Å²) in [5, 5.41) is 4.36. The number of carbonyl (C=O) groups excluding carboxylic acids is 2. The molecule has 2 N–H and O–H groups in total. The fraction of sp³-hybridized carbons (Fsp3) is 0.200. The van der Waals surface area contributed by atoms with E-state index in [1.807, 2.05) is 0 Å². The summed E-state index contributed by atoms with van der Waals surface area (Å²) in [7, 11) is 0. The maximum atomic E-state index is 10.8. The molecule has 0 aliphatic carbocycles. The van der Waals surface area contributed by atoms with Gasteiger partial charge >= 0.3 is 12.2 Å². The van der Waals surface area contributed by atoms with E-state index in [0.717, 1.165) is 12.4 Å². The maximum Gasteiger partial charge on any atom is 0.412 e. The van der Waals surface area contributed by atoms with Gasteiger partial charge < -0.3 is 9.47 Å². The van der Waals surface area contributed by atoms with E-state index in [0.29, 0.717) is 0 Å². The van der Waals surface area contributed by atoms with Gasteiger partial charge in [0.15, 0.2) is 13.2 Å². The standard InChI is InChI=1S/C10H10N2O4/c1-3-7-15-9(13)11-5-6-12-10(14)16-8-4-2/h1-2,5-6H,7-8H2,(H,11,13)(H,12,14). The zero-order chi connectivity index (χ0) is 12.2. The molecule has 0 aliphatic heterocycles. The van der Waals surface area contributed by atoms with Crippen molar-refractivity contribution in [2.24, 2.45) is 0 Å². The van der Waals surface area contributed by atoms with Gasteiger partial charge in [0.25, 0.3) is 0 Å². The molecule has 0 radical (unpaired) electrons. The SMILES string of the molecule is C#CCOC(=O)NC=CNC(=O)OCC#C. The quantitative estimate of drug-likeness (QED) is 0.665. The molecule has 0 rings (SSSR count). The molecule has 0 aliphatic rings. The zero-order valence-electron chi connectivity index (χ0n) is 8.36. The Labute approximate surface area is 93.0 Å². The smallest absolute Gasteiger partial charge is 0.412 e. The molecule has 0 aromatic carbocycles. The summed E-state index contributed by atoms with van der Waals surface area (Å²) >= 11 is 0. The van der Waals surface area contributed by atoms with Gasteiger partial charge in [-0.1, -0.05) is 11.8 Å². The Hall–Kier alpha value is -2.60. The van der Waals surface area contributed by atoms with E-state index in [2.05, 4.69) is 31.9 Å². The van der Waals surface area contributed by atoms with Crippen LogP contribution in [0.25, 0.3) is 0 Å². The molecule has 0 heterocycles. The Morgan fingerprint density at radius 2 is 1.38 bits per heavy atom. The van der Waals surface area contributed by atoms with Gasteiger partial charge in [0.2, 0.25) is 0 Å². The van der Waals surface area contributed by atoms with E-state index < -0.39 is 12.2 Å². The van der Waals surface area contributed by atoms with Crippen molar-refractivity contribution in [1.29, 1.82) is 0 Å². The number of hydrogen-bond acceptors (Lipinski definition) is 4. The van der Waals surface area contributed by atoms with E-state index in [-0.39, 0.29) is 13.2 Å². The van der Waals surface area contributed by atoms with Gasteiger partial charge in [-0.05, 0) is 0 Å². The van der Waals surface area contributed by atoms with Crippen LogP contribution in [0.1, 0.15) is 0 Å². The van der Waals surface area contributed by atoms with Gasteiger partial charge in [0.1, 0.15) is 0 Å². The third kappa shape index (κ3) is 8.02. The summed E-state index contributed by atoms with van der Waals surface area (Å²) in [6, 6.07) is 0. The molecular formula is C10H10N2O4. The number of hydrogen-bond donors (Lipinski definition) is 2. The molecule has 0 bridgehead atoms. The molecular weight excluding hydrogens is 212 g/mol. The first kappa shape index (κ1) is 13.4. The minimum Gasteiger partial charge on any atom is -0.436 e. The summed E-state index contributed by atoms with van der Waals surface area (Å²) in [5.74, 6) is 4.23. The summed E-state index contributed by atoms with van der Waals surface area (Å²) < 4.78 is 8.91. The Balaban J connectivity index is 3.62. The monoisotopic (exact) mass is 222 g/mol. The van der Waals surface area contributed by atoms with Gasteiger partial charge in [-0.3, -0.25) is 10.6 Å². The number of amides is 2. The molecule has 0 atom stereocenters. The predicted octanol–water partition coefficient (Wildman–Crippen LogP) is 0.176. The van der Waals surface area contributed by atoms with Crippen LogP contribution < -0.4 is 10.6 Å². The van der Waals surface area contributed by atoms with Crippen molar-refractivity contribution in [1.82, 2.24) is 10.6 Å². The molecule has 6 heteroatoms. The molecule has 84 valence electrons.